The lowest BCUT2D eigenvalue weighted by molar-refractivity contribution is -0.131. The topological polar surface area (TPSA) is 54.3 Å². The van der Waals surface area contributed by atoms with Crippen LogP contribution in [0.2, 0.25) is 5.02 Å². The average molecular weight is 309 g/mol. The van der Waals surface area contributed by atoms with E-state index in [4.69, 9.17) is 26.3 Å². The van der Waals surface area contributed by atoms with Gasteiger partial charge in [0.15, 0.2) is 6.29 Å². The predicted molar refractivity (Wildman–Crippen MR) is 84.8 cm³/mol. The van der Waals surface area contributed by atoms with E-state index in [0.29, 0.717) is 30.5 Å². The zero-order chi connectivity index (χ0) is 15.7. The molecule has 0 fully saturated rings. The van der Waals surface area contributed by atoms with Gasteiger partial charge in [-0.2, -0.15) is 5.26 Å². The maximum Gasteiger partial charge on any atom is 0.174 e. The number of nitrogens with one attached hydrogen (secondary N) is 1. The third-order valence-corrected chi connectivity index (χ3v) is 3.10. The molecule has 0 radical (unpaired) electrons. The van der Waals surface area contributed by atoms with Crippen LogP contribution in [-0.4, -0.2) is 26.0 Å². The summed E-state index contributed by atoms with van der Waals surface area (Å²) in [4.78, 5) is 0. The van der Waals surface area contributed by atoms with E-state index in [9.17, 15) is 0 Å². The molecule has 0 amide bonds. The summed E-state index contributed by atoms with van der Waals surface area (Å²) in [6.45, 7) is 7.40. The molecule has 0 spiro atoms. The van der Waals surface area contributed by atoms with E-state index in [1.54, 1.807) is 0 Å². The van der Waals surface area contributed by atoms with Gasteiger partial charge in [-0.3, -0.25) is 0 Å². The third kappa shape index (κ3) is 5.76. The summed E-state index contributed by atoms with van der Waals surface area (Å²) in [7, 11) is 0. The van der Waals surface area contributed by atoms with Crippen LogP contribution < -0.4 is 5.32 Å². The summed E-state index contributed by atoms with van der Waals surface area (Å²) in [6.07, 6.45) is 1.12. The Kier molecular flexibility index (Phi) is 7.84. The molecule has 1 rings (SSSR count). The number of nitriles is 1. The van der Waals surface area contributed by atoms with Crippen LogP contribution in [0.5, 0.6) is 0 Å². The molecule has 4 nitrogen and oxygen atoms in total. The summed E-state index contributed by atoms with van der Waals surface area (Å²) >= 11 is 6.04. The van der Waals surface area contributed by atoms with Gasteiger partial charge in [0.25, 0.3) is 0 Å². The quantitative estimate of drug-likeness (QED) is 0.590. The van der Waals surface area contributed by atoms with Gasteiger partial charge in [-0.25, -0.2) is 0 Å². The van der Waals surface area contributed by atoms with E-state index in [1.165, 1.54) is 6.08 Å². The minimum atomic E-state index is -0.346. The third-order valence-electron chi connectivity index (χ3n) is 2.86. The SMILES string of the molecule is CCOC(CN/C(=C\C#N)c1cc(Cl)ccc1C)OCC. The van der Waals surface area contributed by atoms with E-state index in [1.807, 2.05) is 39.0 Å². The second-order valence-electron chi connectivity index (χ2n) is 4.37. The molecule has 114 valence electrons. The number of benzene rings is 1. The first kappa shape index (κ1) is 17.5. The molecule has 1 aromatic rings. The van der Waals surface area contributed by atoms with Crippen molar-refractivity contribution < 1.29 is 9.47 Å². The van der Waals surface area contributed by atoms with Gasteiger partial charge >= 0.3 is 0 Å². The van der Waals surface area contributed by atoms with Crippen LogP contribution in [0.3, 0.4) is 0 Å². The Morgan fingerprint density at radius 3 is 2.62 bits per heavy atom. The number of nitrogens with zero attached hydrogens (tertiary/aromatic N) is 1. The number of rotatable bonds is 8. The van der Waals surface area contributed by atoms with Crippen molar-refractivity contribution in [3.63, 3.8) is 0 Å². The Morgan fingerprint density at radius 2 is 2.05 bits per heavy atom. The lowest BCUT2D eigenvalue weighted by Gasteiger charge is -2.20. The smallest absolute Gasteiger partial charge is 0.174 e. The second kappa shape index (κ2) is 9.41. The molecule has 5 heteroatoms. The first-order valence-corrected chi connectivity index (χ1v) is 7.33. The summed E-state index contributed by atoms with van der Waals surface area (Å²) in [5, 5.41) is 12.8. The molecule has 0 unspecified atom stereocenters. The van der Waals surface area contributed by atoms with Gasteiger partial charge in [0.2, 0.25) is 0 Å². The fourth-order valence-corrected chi connectivity index (χ4v) is 2.08. The van der Waals surface area contributed by atoms with Crippen LogP contribution in [0, 0.1) is 18.3 Å². The molecular weight excluding hydrogens is 288 g/mol. The molecule has 0 saturated carbocycles. The van der Waals surface area contributed by atoms with Crippen LogP contribution in [-0.2, 0) is 9.47 Å². The van der Waals surface area contributed by atoms with Crippen molar-refractivity contribution in [3.8, 4) is 6.07 Å². The fraction of sp³-hybridized carbons (Fsp3) is 0.438. The van der Waals surface area contributed by atoms with Crippen LogP contribution in [0.1, 0.15) is 25.0 Å². The van der Waals surface area contributed by atoms with E-state index in [2.05, 4.69) is 11.4 Å². The van der Waals surface area contributed by atoms with Gasteiger partial charge in [-0.05, 0) is 38.5 Å². The highest BCUT2D eigenvalue weighted by molar-refractivity contribution is 6.30. The van der Waals surface area contributed by atoms with Crippen LogP contribution >= 0.6 is 11.6 Å². The van der Waals surface area contributed by atoms with Crippen molar-refractivity contribution in [2.75, 3.05) is 19.8 Å². The highest BCUT2D eigenvalue weighted by Gasteiger charge is 2.11. The van der Waals surface area contributed by atoms with Crippen LogP contribution in [0.15, 0.2) is 24.3 Å². The van der Waals surface area contributed by atoms with Gasteiger partial charge in [0, 0.05) is 29.9 Å². The number of halogens is 1. The molecule has 0 atom stereocenters. The summed E-state index contributed by atoms with van der Waals surface area (Å²) < 4.78 is 11.0. The Bertz CT molecular complexity index is 517. The Labute approximate surface area is 131 Å². The zero-order valence-electron chi connectivity index (χ0n) is 12.6. The minimum absolute atomic E-state index is 0.346. The van der Waals surface area contributed by atoms with Crippen molar-refractivity contribution in [2.45, 2.75) is 27.1 Å². The largest absolute Gasteiger partial charge is 0.379 e. The van der Waals surface area contributed by atoms with E-state index in [-0.39, 0.29) is 6.29 Å². The monoisotopic (exact) mass is 308 g/mol. The Balaban J connectivity index is 2.86. The maximum atomic E-state index is 8.97. The molecule has 0 aromatic heterocycles. The average Bonchev–Trinajstić information content (AvgIpc) is 2.46. The maximum absolute atomic E-state index is 8.97. The molecule has 0 heterocycles. The molecule has 21 heavy (non-hydrogen) atoms. The molecule has 1 N–H and O–H groups in total. The van der Waals surface area contributed by atoms with Gasteiger partial charge in [0.1, 0.15) is 0 Å². The number of hydrogen-bond donors (Lipinski definition) is 1. The summed E-state index contributed by atoms with van der Waals surface area (Å²) in [5.41, 5.74) is 2.65. The van der Waals surface area contributed by atoms with Crippen LogP contribution in [0.25, 0.3) is 5.70 Å². The highest BCUT2D eigenvalue weighted by atomic mass is 35.5. The normalized spacial score (nSPS) is 11.5. The Morgan fingerprint density at radius 1 is 1.38 bits per heavy atom. The minimum Gasteiger partial charge on any atom is -0.379 e. The summed E-state index contributed by atoms with van der Waals surface area (Å²) in [5.74, 6) is 0. The van der Waals surface area contributed by atoms with Gasteiger partial charge < -0.3 is 14.8 Å². The van der Waals surface area contributed by atoms with Crippen molar-refractivity contribution in [1.29, 1.82) is 5.26 Å². The number of ether oxygens (including phenoxy) is 2. The lowest BCUT2D eigenvalue weighted by Crippen LogP contribution is -2.31. The van der Waals surface area contributed by atoms with Crippen LogP contribution in [0.4, 0.5) is 0 Å². The Hall–Kier alpha value is -1.54. The summed E-state index contributed by atoms with van der Waals surface area (Å²) in [6, 6.07) is 7.64. The number of aryl methyl sites for hydroxylation is 1. The van der Waals surface area contributed by atoms with Crippen molar-refractivity contribution in [1.82, 2.24) is 5.32 Å². The number of allylic oxidation sites excluding steroid dienone is 1. The lowest BCUT2D eigenvalue weighted by atomic mass is 10.1. The number of hydrogen-bond acceptors (Lipinski definition) is 4. The first-order valence-electron chi connectivity index (χ1n) is 6.95. The van der Waals surface area contributed by atoms with Gasteiger partial charge in [0.05, 0.1) is 18.3 Å². The standard InChI is InChI=1S/C16H21ClN2O2/c1-4-20-16(21-5-2)11-19-15(8-9-18)14-10-13(17)7-6-12(14)3/h6-8,10,16,19H,4-5,11H2,1-3H3/b15-8-. The molecular formula is C16H21ClN2O2. The van der Waals surface area contributed by atoms with E-state index >= 15 is 0 Å². The second-order valence-corrected chi connectivity index (χ2v) is 4.80. The van der Waals surface area contributed by atoms with Crippen molar-refractivity contribution in [2.24, 2.45) is 0 Å². The molecule has 0 aliphatic carbocycles. The molecule has 0 bridgehead atoms. The van der Waals surface area contributed by atoms with Gasteiger partial charge in [-0.15, -0.1) is 0 Å². The van der Waals surface area contributed by atoms with E-state index < -0.39 is 0 Å². The molecule has 0 aliphatic rings. The highest BCUT2D eigenvalue weighted by Crippen LogP contribution is 2.21. The zero-order valence-corrected chi connectivity index (χ0v) is 13.4. The molecule has 0 saturated heterocycles. The van der Waals surface area contributed by atoms with Crippen molar-refractivity contribution >= 4 is 17.3 Å². The fourth-order valence-electron chi connectivity index (χ4n) is 1.90. The predicted octanol–water partition coefficient (Wildman–Crippen LogP) is 3.50. The van der Waals surface area contributed by atoms with Gasteiger partial charge in [-0.1, -0.05) is 17.7 Å². The van der Waals surface area contributed by atoms with Crippen molar-refractivity contribution in [3.05, 3.63) is 40.4 Å². The molecule has 0 aliphatic heterocycles. The molecule has 1 aromatic carbocycles. The van der Waals surface area contributed by atoms with E-state index in [0.717, 1.165) is 11.1 Å². The first-order chi connectivity index (χ1) is 10.1.